The molecular weight excluding hydrogens is 262 g/mol. The highest BCUT2D eigenvalue weighted by Gasteiger charge is 2.09. The minimum absolute atomic E-state index is 0.417. The Balaban J connectivity index is 2.33. The zero-order valence-electron chi connectivity index (χ0n) is 13.4. The van der Waals surface area contributed by atoms with E-state index < -0.39 is 0 Å². The lowest BCUT2D eigenvalue weighted by Crippen LogP contribution is -2.09. The second-order valence-corrected chi connectivity index (χ2v) is 5.54. The third-order valence-electron chi connectivity index (χ3n) is 3.22. The van der Waals surface area contributed by atoms with Crippen molar-refractivity contribution in [2.45, 2.75) is 52.9 Å². The Bertz CT molecular complexity index is 574. The molecule has 0 aromatic carbocycles. The third-order valence-corrected chi connectivity index (χ3v) is 3.22. The fourth-order valence-corrected chi connectivity index (χ4v) is 2.05. The zero-order chi connectivity index (χ0) is 15.2. The monoisotopic (exact) mass is 287 g/mol. The van der Waals surface area contributed by atoms with Crippen LogP contribution in [0.15, 0.2) is 18.3 Å². The Morgan fingerprint density at radius 2 is 2.00 bits per heavy atom. The van der Waals surface area contributed by atoms with Crippen LogP contribution >= 0.6 is 0 Å². The topological polar surface area (TPSA) is 55.6 Å². The van der Waals surface area contributed by atoms with Gasteiger partial charge in [-0.15, -0.1) is 0 Å². The maximum Gasteiger partial charge on any atom is 0.159 e. The Kier molecular flexibility index (Phi) is 5.31. The molecule has 0 aliphatic rings. The van der Waals surface area contributed by atoms with Crippen LogP contribution in [-0.4, -0.2) is 26.3 Å². The van der Waals surface area contributed by atoms with Gasteiger partial charge >= 0.3 is 0 Å². The summed E-state index contributed by atoms with van der Waals surface area (Å²) in [7, 11) is 0. The number of hydrogen-bond donors (Lipinski definition) is 1. The van der Waals surface area contributed by atoms with Gasteiger partial charge in [0.25, 0.3) is 0 Å². The van der Waals surface area contributed by atoms with Crippen molar-refractivity contribution in [2.24, 2.45) is 0 Å². The van der Waals surface area contributed by atoms with Crippen LogP contribution in [0.4, 0.5) is 5.82 Å². The molecule has 0 spiro atoms. The second-order valence-electron chi connectivity index (χ2n) is 5.54. The minimum Gasteiger partial charge on any atom is -0.370 e. The van der Waals surface area contributed by atoms with Gasteiger partial charge in [-0.25, -0.2) is 14.6 Å². The van der Waals surface area contributed by atoms with E-state index in [0.29, 0.717) is 5.92 Å². The van der Waals surface area contributed by atoms with Gasteiger partial charge in [0, 0.05) is 25.2 Å². The van der Waals surface area contributed by atoms with Crippen molar-refractivity contribution in [3.63, 3.8) is 0 Å². The molecule has 0 aliphatic carbocycles. The molecule has 0 bridgehead atoms. The van der Waals surface area contributed by atoms with Crippen LogP contribution in [0.5, 0.6) is 0 Å². The molecule has 2 heterocycles. The van der Waals surface area contributed by atoms with Gasteiger partial charge < -0.3 is 5.32 Å². The van der Waals surface area contributed by atoms with Crippen molar-refractivity contribution in [3.05, 3.63) is 29.8 Å². The molecule has 0 radical (unpaired) electrons. The lowest BCUT2D eigenvalue weighted by atomic mass is 10.1. The molecule has 2 rings (SSSR count). The van der Waals surface area contributed by atoms with Gasteiger partial charge in [-0.05, 0) is 24.8 Å². The summed E-state index contributed by atoms with van der Waals surface area (Å²) in [5.41, 5.74) is 1.08. The van der Waals surface area contributed by atoms with Crippen molar-refractivity contribution >= 4 is 5.82 Å². The highest BCUT2D eigenvalue weighted by atomic mass is 15.3. The molecule has 0 saturated carbocycles. The number of nitrogens with zero attached hydrogens (tertiary/aromatic N) is 4. The summed E-state index contributed by atoms with van der Waals surface area (Å²) in [5.74, 6) is 3.00. The molecule has 0 fully saturated rings. The molecule has 0 aliphatic heterocycles. The smallest absolute Gasteiger partial charge is 0.159 e. The fourth-order valence-electron chi connectivity index (χ4n) is 2.05. The van der Waals surface area contributed by atoms with E-state index in [-0.39, 0.29) is 0 Å². The predicted octanol–water partition coefficient (Wildman–Crippen LogP) is 3.56. The summed E-state index contributed by atoms with van der Waals surface area (Å²) >= 11 is 0. The van der Waals surface area contributed by atoms with E-state index in [1.807, 2.05) is 23.0 Å². The van der Waals surface area contributed by atoms with Crippen LogP contribution < -0.4 is 5.32 Å². The van der Waals surface area contributed by atoms with E-state index in [9.17, 15) is 0 Å². The molecule has 0 saturated heterocycles. The zero-order valence-corrected chi connectivity index (χ0v) is 13.4. The van der Waals surface area contributed by atoms with Gasteiger partial charge in [0.05, 0.1) is 5.69 Å². The first-order valence-corrected chi connectivity index (χ1v) is 7.81. The Hall–Kier alpha value is -1.91. The SMILES string of the molecule is CCCNc1cc(-n2ccc(C(C)C)n2)nc(CCC)n1. The molecular formula is C16H25N5. The van der Waals surface area contributed by atoms with Gasteiger partial charge in [-0.1, -0.05) is 27.7 Å². The van der Waals surface area contributed by atoms with Crippen LogP contribution in [-0.2, 0) is 6.42 Å². The number of anilines is 1. The van der Waals surface area contributed by atoms with Crippen molar-refractivity contribution in [3.8, 4) is 5.82 Å². The second kappa shape index (κ2) is 7.20. The maximum absolute atomic E-state index is 4.62. The van der Waals surface area contributed by atoms with Crippen LogP contribution in [0.25, 0.3) is 5.82 Å². The lowest BCUT2D eigenvalue weighted by Gasteiger charge is -2.09. The normalized spacial score (nSPS) is 11.1. The molecule has 2 aromatic rings. The van der Waals surface area contributed by atoms with Crippen molar-refractivity contribution < 1.29 is 0 Å². The number of hydrogen-bond acceptors (Lipinski definition) is 4. The molecule has 5 nitrogen and oxygen atoms in total. The molecule has 2 aromatic heterocycles. The molecule has 21 heavy (non-hydrogen) atoms. The van der Waals surface area contributed by atoms with Crippen LogP contribution in [0.1, 0.15) is 58.0 Å². The van der Waals surface area contributed by atoms with Crippen LogP contribution in [0.2, 0.25) is 0 Å². The summed E-state index contributed by atoms with van der Waals surface area (Å²) in [5, 5.41) is 7.94. The van der Waals surface area contributed by atoms with Gasteiger partial charge in [0.15, 0.2) is 5.82 Å². The number of aromatic nitrogens is 4. The van der Waals surface area contributed by atoms with Crippen LogP contribution in [0, 0.1) is 0 Å². The highest BCUT2D eigenvalue weighted by molar-refractivity contribution is 5.41. The summed E-state index contributed by atoms with van der Waals surface area (Å²) < 4.78 is 1.84. The number of rotatable bonds is 7. The first-order chi connectivity index (χ1) is 10.1. The van der Waals surface area contributed by atoms with Crippen molar-refractivity contribution in [1.82, 2.24) is 19.7 Å². The average molecular weight is 287 g/mol. The average Bonchev–Trinajstić information content (AvgIpc) is 2.95. The first kappa shape index (κ1) is 15.5. The van der Waals surface area contributed by atoms with Crippen LogP contribution in [0.3, 0.4) is 0 Å². The summed E-state index contributed by atoms with van der Waals surface area (Å²) in [6.07, 6.45) is 4.96. The van der Waals surface area contributed by atoms with E-state index in [1.54, 1.807) is 0 Å². The Morgan fingerprint density at radius 3 is 2.62 bits per heavy atom. The summed E-state index contributed by atoms with van der Waals surface area (Å²) in [4.78, 5) is 9.19. The Morgan fingerprint density at radius 1 is 1.19 bits per heavy atom. The minimum atomic E-state index is 0.417. The van der Waals surface area contributed by atoms with E-state index in [2.05, 4.69) is 48.1 Å². The van der Waals surface area contributed by atoms with Crippen molar-refractivity contribution in [1.29, 1.82) is 0 Å². The molecule has 114 valence electrons. The third kappa shape index (κ3) is 4.03. The fraction of sp³-hybridized carbons (Fsp3) is 0.562. The quantitative estimate of drug-likeness (QED) is 0.846. The maximum atomic E-state index is 4.62. The van der Waals surface area contributed by atoms with Gasteiger partial charge in [-0.2, -0.15) is 5.10 Å². The number of nitrogens with one attached hydrogen (secondary N) is 1. The van der Waals surface area contributed by atoms with Gasteiger partial charge in [0.1, 0.15) is 11.6 Å². The molecule has 0 amide bonds. The largest absolute Gasteiger partial charge is 0.370 e. The van der Waals surface area contributed by atoms with E-state index >= 15 is 0 Å². The Labute approximate surface area is 126 Å². The molecule has 1 N–H and O–H groups in total. The standard InChI is InChI=1S/C16H25N5/c1-5-7-14-18-15(17-9-6-2)11-16(19-14)21-10-8-13(20-21)12(3)4/h8,10-12H,5-7,9H2,1-4H3,(H,17,18,19). The number of aryl methyl sites for hydroxylation is 1. The van der Waals surface area contributed by atoms with Gasteiger partial charge in [-0.3, -0.25) is 0 Å². The van der Waals surface area contributed by atoms with E-state index in [0.717, 1.165) is 49.0 Å². The predicted molar refractivity (Wildman–Crippen MR) is 86.0 cm³/mol. The summed E-state index contributed by atoms with van der Waals surface area (Å²) in [6.45, 7) is 9.48. The van der Waals surface area contributed by atoms with Gasteiger partial charge in [0.2, 0.25) is 0 Å². The van der Waals surface area contributed by atoms with E-state index in [4.69, 9.17) is 0 Å². The highest BCUT2D eigenvalue weighted by Crippen LogP contribution is 2.15. The molecule has 5 heteroatoms. The molecule has 0 atom stereocenters. The van der Waals surface area contributed by atoms with Crippen molar-refractivity contribution in [2.75, 3.05) is 11.9 Å². The first-order valence-electron chi connectivity index (χ1n) is 7.81. The lowest BCUT2D eigenvalue weighted by molar-refractivity contribution is 0.742. The summed E-state index contributed by atoms with van der Waals surface area (Å²) in [6, 6.07) is 4.01. The molecule has 0 unspecified atom stereocenters. The van der Waals surface area contributed by atoms with E-state index in [1.165, 1.54) is 0 Å².